The van der Waals surface area contributed by atoms with Crippen LogP contribution < -0.4 is 10.2 Å². The highest BCUT2D eigenvalue weighted by molar-refractivity contribution is 5.97. The first-order chi connectivity index (χ1) is 9.98. The Morgan fingerprint density at radius 1 is 1.29 bits per heavy atom. The molecule has 21 heavy (non-hydrogen) atoms. The lowest BCUT2D eigenvalue weighted by Crippen LogP contribution is -2.51. The molecule has 0 bridgehead atoms. The molecule has 0 saturated carbocycles. The molecule has 1 aromatic rings. The number of hydrogen-bond donors (Lipinski definition) is 1. The van der Waals surface area contributed by atoms with Crippen LogP contribution in [0.15, 0.2) is 18.2 Å². The van der Waals surface area contributed by atoms with Crippen LogP contribution in [0.4, 0.5) is 5.69 Å². The Morgan fingerprint density at radius 2 is 1.95 bits per heavy atom. The molecule has 0 aliphatic carbocycles. The molecular weight excluding hydrogens is 260 g/mol. The summed E-state index contributed by atoms with van der Waals surface area (Å²) in [6.07, 6.45) is 4.11. The summed E-state index contributed by atoms with van der Waals surface area (Å²) in [4.78, 5) is 15.0. The summed E-state index contributed by atoms with van der Waals surface area (Å²) in [7, 11) is 1.92. The van der Waals surface area contributed by atoms with Crippen molar-refractivity contribution in [3.8, 4) is 0 Å². The van der Waals surface area contributed by atoms with Gasteiger partial charge in [-0.3, -0.25) is 4.79 Å². The van der Waals surface area contributed by atoms with Gasteiger partial charge in [0.15, 0.2) is 0 Å². The summed E-state index contributed by atoms with van der Waals surface area (Å²) in [5, 5.41) is 3.42. The molecule has 1 unspecified atom stereocenters. The normalized spacial score (nSPS) is 22.1. The molecule has 1 atom stereocenters. The van der Waals surface area contributed by atoms with Gasteiger partial charge in [-0.25, -0.2) is 0 Å². The Bertz CT molecular complexity index is 478. The van der Waals surface area contributed by atoms with Crippen LogP contribution >= 0.6 is 0 Å². The number of nitrogens with zero attached hydrogens (tertiary/aromatic N) is 1. The summed E-state index contributed by atoms with van der Waals surface area (Å²) < 4.78 is 0. The van der Waals surface area contributed by atoms with E-state index in [2.05, 4.69) is 44.3 Å². The van der Waals surface area contributed by atoms with Crippen LogP contribution in [0.2, 0.25) is 0 Å². The summed E-state index contributed by atoms with van der Waals surface area (Å²) in [5.74, 6) is 0.265. The second-order valence-electron chi connectivity index (χ2n) is 6.52. The second kappa shape index (κ2) is 6.61. The van der Waals surface area contributed by atoms with Crippen molar-refractivity contribution in [3.05, 3.63) is 29.3 Å². The zero-order valence-corrected chi connectivity index (χ0v) is 13.8. The maximum atomic E-state index is 13.1. The minimum Gasteiger partial charge on any atom is -0.316 e. The predicted molar refractivity (Wildman–Crippen MR) is 88.8 cm³/mol. The lowest BCUT2D eigenvalue weighted by Gasteiger charge is -2.39. The van der Waals surface area contributed by atoms with Gasteiger partial charge in [0.2, 0.25) is 5.91 Å². The fraction of sp³-hybridized carbons (Fsp3) is 0.611. The van der Waals surface area contributed by atoms with Crippen molar-refractivity contribution in [2.24, 2.45) is 5.41 Å². The Kier molecular flexibility index (Phi) is 5.04. The number of nitrogens with one attached hydrogen (secondary N) is 1. The van der Waals surface area contributed by atoms with Crippen molar-refractivity contribution in [1.82, 2.24) is 5.32 Å². The molecule has 1 heterocycles. The number of hydrogen-bond acceptors (Lipinski definition) is 2. The third-order valence-corrected chi connectivity index (χ3v) is 4.55. The first-order valence-electron chi connectivity index (χ1n) is 8.06. The van der Waals surface area contributed by atoms with E-state index < -0.39 is 0 Å². The Labute approximate surface area is 128 Å². The van der Waals surface area contributed by atoms with E-state index >= 15 is 0 Å². The monoisotopic (exact) mass is 288 g/mol. The molecule has 1 aliphatic heterocycles. The highest BCUT2D eigenvalue weighted by Gasteiger charge is 2.40. The average molecular weight is 288 g/mol. The largest absolute Gasteiger partial charge is 0.316 e. The number of anilines is 1. The van der Waals surface area contributed by atoms with Gasteiger partial charge in [-0.15, -0.1) is 0 Å². The van der Waals surface area contributed by atoms with E-state index in [0.717, 1.165) is 44.5 Å². The second-order valence-corrected chi connectivity index (χ2v) is 6.52. The van der Waals surface area contributed by atoms with Gasteiger partial charge in [0.25, 0.3) is 0 Å². The van der Waals surface area contributed by atoms with Gasteiger partial charge in [-0.05, 0) is 62.9 Å². The molecule has 1 N–H and O–H groups in total. The zero-order chi connectivity index (χ0) is 15.5. The third kappa shape index (κ3) is 3.46. The number of benzene rings is 1. The number of piperidine rings is 1. The lowest BCUT2D eigenvalue weighted by atomic mass is 9.75. The Balaban J connectivity index is 2.27. The molecule has 0 aromatic heterocycles. The Morgan fingerprint density at radius 3 is 2.48 bits per heavy atom. The van der Waals surface area contributed by atoms with Crippen molar-refractivity contribution in [3.63, 3.8) is 0 Å². The van der Waals surface area contributed by atoms with Crippen molar-refractivity contribution in [2.75, 3.05) is 25.0 Å². The topological polar surface area (TPSA) is 32.3 Å². The molecule has 3 nitrogen and oxygen atoms in total. The van der Waals surface area contributed by atoms with Gasteiger partial charge in [0, 0.05) is 19.3 Å². The van der Waals surface area contributed by atoms with Crippen LogP contribution in [0.1, 0.15) is 43.7 Å². The maximum absolute atomic E-state index is 13.1. The van der Waals surface area contributed by atoms with E-state index in [-0.39, 0.29) is 11.3 Å². The summed E-state index contributed by atoms with van der Waals surface area (Å²) in [6, 6.07) is 6.34. The highest BCUT2D eigenvalue weighted by atomic mass is 16.2. The SMILES string of the molecule is CCCC1(C(=O)N(C)c2cc(C)cc(C)c2)CCCNC1. The van der Waals surface area contributed by atoms with Crippen LogP contribution in [-0.4, -0.2) is 26.0 Å². The molecule has 1 fully saturated rings. The minimum absolute atomic E-state index is 0.223. The highest BCUT2D eigenvalue weighted by Crippen LogP contribution is 2.35. The van der Waals surface area contributed by atoms with Crippen molar-refractivity contribution < 1.29 is 4.79 Å². The van der Waals surface area contributed by atoms with Crippen molar-refractivity contribution in [2.45, 2.75) is 46.5 Å². The summed E-state index contributed by atoms with van der Waals surface area (Å²) in [6.45, 7) is 8.18. The van der Waals surface area contributed by atoms with Crippen molar-refractivity contribution in [1.29, 1.82) is 0 Å². The molecule has 1 aromatic carbocycles. The van der Waals surface area contributed by atoms with Crippen molar-refractivity contribution >= 4 is 11.6 Å². The van der Waals surface area contributed by atoms with Gasteiger partial charge < -0.3 is 10.2 Å². The number of carbonyl (C=O) groups is 1. The van der Waals surface area contributed by atoms with E-state index in [1.54, 1.807) is 0 Å². The fourth-order valence-corrected chi connectivity index (χ4v) is 3.57. The number of rotatable bonds is 4. The van der Waals surface area contributed by atoms with E-state index in [0.29, 0.717) is 0 Å². The zero-order valence-electron chi connectivity index (χ0n) is 13.8. The van der Waals surface area contributed by atoms with Gasteiger partial charge in [-0.1, -0.05) is 19.4 Å². The van der Waals surface area contributed by atoms with Crippen LogP contribution in [0, 0.1) is 19.3 Å². The number of carbonyl (C=O) groups excluding carboxylic acids is 1. The van der Waals surface area contributed by atoms with Gasteiger partial charge in [0.1, 0.15) is 0 Å². The summed E-state index contributed by atoms with van der Waals surface area (Å²) in [5.41, 5.74) is 3.20. The summed E-state index contributed by atoms with van der Waals surface area (Å²) >= 11 is 0. The smallest absolute Gasteiger partial charge is 0.234 e. The molecular formula is C18H28N2O. The van der Waals surface area contributed by atoms with Crippen LogP contribution in [0.25, 0.3) is 0 Å². The average Bonchev–Trinajstić information content (AvgIpc) is 2.46. The number of amides is 1. The first-order valence-corrected chi connectivity index (χ1v) is 8.06. The van der Waals surface area contributed by atoms with E-state index in [9.17, 15) is 4.79 Å². The molecule has 2 rings (SSSR count). The van der Waals surface area contributed by atoms with E-state index in [4.69, 9.17) is 0 Å². The molecule has 1 amide bonds. The first kappa shape index (κ1) is 16.0. The third-order valence-electron chi connectivity index (χ3n) is 4.55. The fourth-order valence-electron chi connectivity index (χ4n) is 3.57. The molecule has 0 radical (unpaired) electrons. The minimum atomic E-state index is -0.223. The van der Waals surface area contributed by atoms with E-state index in [1.165, 1.54) is 11.1 Å². The molecule has 0 spiro atoms. The van der Waals surface area contributed by atoms with Crippen LogP contribution in [0.3, 0.4) is 0 Å². The number of aryl methyl sites for hydroxylation is 2. The quantitative estimate of drug-likeness (QED) is 0.920. The predicted octanol–water partition coefficient (Wildman–Crippen LogP) is 3.44. The lowest BCUT2D eigenvalue weighted by molar-refractivity contribution is -0.129. The Hall–Kier alpha value is -1.35. The van der Waals surface area contributed by atoms with Gasteiger partial charge >= 0.3 is 0 Å². The standard InChI is InChI=1S/C18H28N2O/c1-5-7-18(8-6-9-19-13-18)17(21)20(4)16-11-14(2)10-15(3)12-16/h10-12,19H,5-9,13H2,1-4H3. The van der Waals surface area contributed by atoms with Gasteiger partial charge in [0.05, 0.1) is 5.41 Å². The maximum Gasteiger partial charge on any atom is 0.234 e. The van der Waals surface area contributed by atoms with Gasteiger partial charge in [-0.2, -0.15) is 0 Å². The van der Waals surface area contributed by atoms with E-state index in [1.807, 2.05) is 11.9 Å². The van der Waals surface area contributed by atoms with Crippen LogP contribution in [-0.2, 0) is 4.79 Å². The molecule has 3 heteroatoms. The van der Waals surface area contributed by atoms with Crippen LogP contribution in [0.5, 0.6) is 0 Å². The molecule has 1 saturated heterocycles. The molecule has 1 aliphatic rings. The molecule has 116 valence electrons.